The second-order valence-corrected chi connectivity index (χ2v) is 10.6. The lowest BCUT2D eigenvalue weighted by molar-refractivity contribution is -0.129. The molecule has 0 aliphatic carbocycles. The van der Waals surface area contributed by atoms with Crippen LogP contribution in [0.25, 0.3) is 22.8 Å². The number of aromatic amines is 1. The van der Waals surface area contributed by atoms with Crippen LogP contribution in [0.5, 0.6) is 0 Å². The number of nitrogens with zero attached hydrogens (tertiary/aromatic N) is 2. The molecule has 5 rings (SSSR count). The summed E-state index contributed by atoms with van der Waals surface area (Å²) in [5.41, 5.74) is 5.50. The number of rotatable bonds is 8. The number of fused-ring (bicyclic) bond motifs is 1. The van der Waals surface area contributed by atoms with E-state index in [2.05, 4.69) is 10.3 Å². The number of amides is 2. The summed E-state index contributed by atoms with van der Waals surface area (Å²) in [6.45, 7) is 3.19. The zero-order valence-corrected chi connectivity index (χ0v) is 23.6. The number of nitrogens with one attached hydrogen (secondary N) is 2. The van der Waals surface area contributed by atoms with E-state index in [0.717, 1.165) is 23.1 Å². The molecule has 1 atom stereocenters. The van der Waals surface area contributed by atoms with Gasteiger partial charge >= 0.3 is 0 Å². The van der Waals surface area contributed by atoms with Gasteiger partial charge < -0.3 is 15.2 Å². The maximum absolute atomic E-state index is 14.0. The van der Waals surface area contributed by atoms with Gasteiger partial charge in [-0.2, -0.15) is 0 Å². The van der Waals surface area contributed by atoms with Gasteiger partial charge in [-0.3, -0.25) is 14.5 Å². The second-order valence-electron chi connectivity index (χ2n) is 9.70. The topological polar surface area (TPSA) is 68.4 Å². The van der Waals surface area contributed by atoms with Crippen molar-refractivity contribution in [2.75, 3.05) is 30.4 Å². The molecule has 2 aliphatic rings. The van der Waals surface area contributed by atoms with Crippen LogP contribution in [0.1, 0.15) is 35.7 Å². The lowest BCUT2D eigenvalue weighted by atomic mass is 9.93. The summed E-state index contributed by atoms with van der Waals surface area (Å²) in [6, 6.07) is 12.6. The van der Waals surface area contributed by atoms with Gasteiger partial charge in [-0.05, 0) is 53.8 Å². The van der Waals surface area contributed by atoms with Crippen molar-refractivity contribution in [3.63, 3.8) is 0 Å². The molecule has 2 amide bonds. The summed E-state index contributed by atoms with van der Waals surface area (Å²) >= 11 is 18.6. The van der Waals surface area contributed by atoms with E-state index in [0.29, 0.717) is 64.8 Å². The van der Waals surface area contributed by atoms with E-state index < -0.39 is 0 Å². The summed E-state index contributed by atoms with van der Waals surface area (Å²) in [4.78, 5) is 33.3. The van der Waals surface area contributed by atoms with Gasteiger partial charge in [0, 0.05) is 41.6 Å². The Bertz CT molecular complexity index is 1450. The summed E-state index contributed by atoms with van der Waals surface area (Å²) in [5, 5.41) is 3.29. The molecule has 0 radical (unpaired) electrons. The monoisotopic (exact) mass is 588 g/mol. The normalized spacial score (nSPS) is 17.8. The van der Waals surface area contributed by atoms with Crippen molar-refractivity contribution < 1.29 is 14.0 Å². The Morgan fingerprint density at radius 2 is 1.95 bits per heavy atom. The number of likely N-dealkylation sites (tertiary alicyclic amines) is 1. The minimum atomic E-state index is -0.353. The molecule has 2 N–H and O–H groups in total. The van der Waals surface area contributed by atoms with Gasteiger partial charge in [-0.15, -0.1) is 23.2 Å². The number of hydrogen-bond acceptors (Lipinski definition) is 3. The molecule has 3 aromatic rings. The fourth-order valence-corrected chi connectivity index (χ4v) is 6.39. The number of hydrogen-bond donors (Lipinski definition) is 2. The molecule has 1 saturated heterocycles. The standard InChI is InChI=1S/C29H28Cl3FN4O2/c1-2-20-22(13-26(38)36-10-9-19(14-36)37(15-30)16-31)28(32)34-25(20)12-23-27-21(17-5-3-6-18(33)11-17)7-4-8-24(27)35-29(23)39/h3-8,11-12,19,34H,2,9-10,13-16H2,1H3,(H,35,39)/b23-12-. The molecular formula is C29H28Cl3FN4O2. The number of anilines is 1. The van der Waals surface area contributed by atoms with Crippen LogP contribution in [0.15, 0.2) is 42.5 Å². The predicted molar refractivity (Wildman–Crippen MR) is 155 cm³/mol. The van der Waals surface area contributed by atoms with Crippen LogP contribution >= 0.6 is 34.8 Å². The van der Waals surface area contributed by atoms with Crippen LogP contribution in [0.3, 0.4) is 0 Å². The molecular weight excluding hydrogens is 562 g/mol. The second kappa shape index (κ2) is 11.7. The molecule has 1 fully saturated rings. The first-order valence-electron chi connectivity index (χ1n) is 12.8. The van der Waals surface area contributed by atoms with Gasteiger partial charge in [0.2, 0.25) is 5.91 Å². The quantitative estimate of drug-likeness (QED) is 0.182. The van der Waals surface area contributed by atoms with Gasteiger partial charge in [0.15, 0.2) is 0 Å². The van der Waals surface area contributed by atoms with Crippen molar-refractivity contribution in [3.8, 4) is 11.1 Å². The Balaban J connectivity index is 1.46. The first kappa shape index (κ1) is 27.7. The molecule has 1 unspecified atom stereocenters. The maximum atomic E-state index is 14.0. The number of benzene rings is 2. The molecule has 0 saturated carbocycles. The van der Waals surface area contributed by atoms with E-state index in [-0.39, 0.29) is 30.1 Å². The Morgan fingerprint density at radius 3 is 2.67 bits per heavy atom. The molecule has 39 heavy (non-hydrogen) atoms. The first-order chi connectivity index (χ1) is 18.8. The van der Waals surface area contributed by atoms with Crippen molar-refractivity contribution in [2.45, 2.75) is 32.2 Å². The number of carbonyl (C=O) groups excluding carboxylic acids is 2. The average molecular weight is 590 g/mol. The Labute approximate surface area is 241 Å². The van der Waals surface area contributed by atoms with Gasteiger partial charge in [0.25, 0.3) is 5.91 Å². The number of aromatic nitrogens is 1. The van der Waals surface area contributed by atoms with Crippen LogP contribution < -0.4 is 5.32 Å². The fourth-order valence-electron chi connectivity index (χ4n) is 5.46. The maximum Gasteiger partial charge on any atom is 0.256 e. The largest absolute Gasteiger partial charge is 0.346 e. The molecule has 0 spiro atoms. The third kappa shape index (κ3) is 5.46. The van der Waals surface area contributed by atoms with E-state index in [1.807, 2.05) is 41.0 Å². The minimum Gasteiger partial charge on any atom is -0.346 e. The molecule has 3 heterocycles. The van der Waals surface area contributed by atoms with E-state index in [4.69, 9.17) is 34.8 Å². The first-order valence-corrected chi connectivity index (χ1v) is 14.2. The lowest BCUT2D eigenvalue weighted by Crippen LogP contribution is -2.38. The minimum absolute atomic E-state index is 0.0197. The SMILES string of the molecule is CCc1c(/C=C2\C(=O)Nc3cccc(-c4cccc(F)c4)c32)[nH]c(Cl)c1CC(=O)N1CCC(N(CCl)CCl)C1. The zero-order valence-electron chi connectivity index (χ0n) is 21.4. The van der Waals surface area contributed by atoms with Crippen molar-refractivity contribution in [2.24, 2.45) is 0 Å². The zero-order chi connectivity index (χ0) is 27.7. The van der Waals surface area contributed by atoms with Crippen LogP contribution in [0.2, 0.25) is 5.15 Å². The third-order valence-corrected chi connectivity index (χ3v) is 8.41. The fraction of sp³-hybridized carbons (Fsp3) is 0.310. The molecule has 2 aromatic carbocycles. The highest BCUT2D eigenvalue weighted by Crippen LogP contribution is 2.41. The Morgan fingerprint density at radius 1 is 1.18 bits per heavy atom. The van der Waals surface area contributed by atoms with Gasteiger partial charge in [0.05, 0.1) is 24.0 Å². The Kier molecular flexibility index (Phi) is 8.33. The highest BCUT2D eigenvalue weighted by molar-refractivity contribution is 6.36. The van der Waals surface area contributed by atoms with E-state index >= 15 is 0 Å². The number of H-pyrrole nitrogens is 1. The van der Waals surface area contributed by atoms with Crippen LogP contribution in [0, 0.1) is 5.82 Å². The van der Waals surface area contributed by atoms with E-state index in [1.54, 1.807) is 12.1 Å². The number of alkyl halides is 2. The average Bonchev–Trinajstić information content (AvgIpc) is 3.61. The van der Waals surface area contributed by atoms with E-state index in [1.165, 1.54) is 12.1 Å². The highest BCUT2D eigenvalue weighted by Gasteiger charge is 2.32. The van der Waals surface area contributed by atoms with Gasteiger partial charge in [-0.1, -0.05) is 42.8 Å². The summed E-state index contributed by atoms with van der Waals surface area (Å²) in [7, 11) is 0. The molecule has 1 aromatic heterocycles. The molecule has 0 bridgehead atoms. The van der Waals surface area contributed by atoms with Crippen molar-refractivity contribution in [1.82, 2.24) is 14.8 Å². The van der Waals surface area contributed by atoms with Gasteiger partial charge in [-0.25, -0.2) is 4.39 Å². The summed E-state index contributed by atoms with van der Waals surface area (Å²) < 4.78 is 14.0. The molecule has 2 aliphatic heterocycles. The molecule has 6 nitrogen and oxygen atoms in total. The number of halogens is 4. The van der Waals surface area contributed by atoms with Crippen LogP contribution in [-0.4, -0.2) is 57.7 Å². The van der Waals surface area contributed by atoms with Crippen molar-refractivity contribution in [1.29, 1.82) is 0 Å². The highest BCUT2D eigenvalue weighted by atomic mass is 35.5. The van der Waals surface area contributed by atoms with Crippen molar-refractivity contribution >= 4 is 64.0 Å². The van der Waals surface area contributed by atoms with Crippen molar-refractivity contribution in [3.05, 3.63) is 75.8 Å². The van der Waals surface area contributed by atoms with Crippen LogP contribution in [0.4, 0.5) is 10.1 Å². The molecule has 204 valence electrons. The predicted octanol–water partition coefficient (Wildman–Crippen LogP) is 6.37. The summed E-state index contributed by atoms with van der Waals surface area (Å²) in [6.07, 6.45) is 3.34. The van der Waals surface area contributed by atoms with Crippen LogP contribution in [-0.2, 0) is 22.4 Å². The number of carbonyl (C=O) groups is 2. The summed E-state index contributed by atoms with van der Waals surface area (Å²) in [5.74, 6) is -0.631. The molecule has 10 heteroatoms. The smallest absolute Gasteiger partial charge is 0.256 e. The van der Waals surface area contributed by atoms with E-state index in [9.17, 15) is 14.0 Å². The third-order valence-electron chi connectivity index (χ3n) is 7.47. The van der Waals surface area contributed by atoms with Gasteiger partial charge in [0.1, 0.15) is 11.0 Å². The Hall–Kier alpha value is -2.84. The lowest BCUT2D eigenvalue weighted by Gasteiger charge is -2.24.